The van der Waals surface area contributed by atoms with Gasteiger partial charge in [-0.05, 0) is 24.1 Å². The maximum absolute atomic E-state index is 5.67. The fraction of sp³-hybridized carbons (Fsp3) is 0.500. The molecule has 0 aliphatic heterocycles. The van der Waals surface area contributed by atoms with Gasteiger partial charge in [0.25, 0.3) is 0 Å². The van der Waals surface area contributed by atoms with Crippen molar-refractivity contribution in [1.29, 1.82) is 0 Å². The molecule has 0 fully saturated rings. The number of aromatic nitrogens is 1. The Morgan fingerprint density at radius 2 is 2.08 bits per heavy atom. The van der Waals surface area contributed by atoms with Gasteiger partial charge in [0.15, 0.2) is 0 Å². The minimum Gasteiger partial charge on any atom is -0.245 e. The molecule has 1 aromatic heterocycles. The molecule has 1 heterocycles. The zero-order valence-electron chi connectivity index (χ0n) is 7.97. The molecule has 0 spiro atoms. The normalized spacial score (nSPS) is 8.67. The quantitative estimate of drug-likeness (QED) is 0.641. The lowest BCUT2D eigenvalue weighted by Gasteiger charge is -1.96. The van der Waals surface area contributed by atoms with Crippen molar-refractivity contribution < 1.29 is 0 Å². The van der Waals surface area contributed by atoms with Crippen molar-refractivity contribution >= 4 is 11.6 Å². The third-order valence-corrected chi connectivity index (χ3v) is 1.54. The van der Waals surface area contributed by atoms with Crippen LogP contribution in [0.15, 0.2) is 18.3 Å². The molecule has 0 saturated heterocycles. The SMILES string of the molecule is CC.CCCc1ccnc(Cl)c1. The van der Waals surface area contributed by atoms with E-state index in [0.29, 0.717) is 5.15 Å². The van der Waals surface area contributed by atoms with Crippen LogP contribution >= 0.6 is 11.6 Å². The van der Waals surface area contributed by atoms with Crippen LogP contribution in [0.1, 0.15) is 32.8 Å². The van der Waals surface area contributed by atoms with Gasteiger partial charge in [0.1, 0.15) is 5.15 Å². The van der Waals surface area contributed by atoms with Crippen molar-refractivity contribution in [2.45, 2.75) is 33.6 Å². The lowest BCUT2D eigenvalue weighted by Crippen LogP contribution is -1.83. The van der Waals surface area contributed by atoms with Gasteiger partial charge < -0.3 is 0 Å². The first-order valence-corrected chi connectivity index (χ1v) is 4.81. The highest BCUT2D eigenvalue weighted by molar-refractivity contribution is 6.29. The standard InChI is InChI=1S/C8H10ClN.C2H6/c1-2-3-7-4-5-10-8(9)6-7;1-2/h4-6H,2-3H2,1H3;1-2H3. The predicted octanol–water partition coefficient (Wildman–Crippen LogP) is 3.71. The van der Waals surface area contributed by atoms with Gasteiger partial charge in [0.05, 0.1) is 0 Å². The number of hydrogen-bond donors (Lipinski definition) is 0. The number of aryl methyl sites for hydroxylation is 1. The molecule has 0 atom stereocenters. The van der Waals surface area contributed by atoms with Crippen molar-refractivity contribution in [1.82, 2.24) is 4.98 Å². The number of nitrogens with zero attached hydrogens (tertiary/aromatic N) is 1. The average molecular weight is 186 g/mol. The maximum atomic E-state index is 5.67. The molecule has 0 aliphatic carbocycles. The van der Waals surface area contributed by atoms with Crippen LogP contribution in [0.2, 0.25) is 5.15 Å². The molecule has 0 N–H and O–H groups in total. The Hall–Kier alpha value is -0.560. The molecule has 0 bridgehead atoms. The number of halogens is 1. The molecule has 0 aromatic carbocycles. The van der Waals surface area contributed by atoms with Crippen LogP contribution < -0.4 is 0 Å². The van der Waals surface area contributed by atoms with E-state index in [-0.39, 0.29) is 0 Å². The van der Waals surface area contributed by atoms with Crippen LogP contribution in [0.25, 0.3) is 0 Å². The van der Waals surface area contributed by atoms with E-state index in [1.54, 1.807) is 6.20 Å². The lowest BCUT2D eigenvalue weighted by molar-refractivity contribution is 0.918. The second-order valence-electron chi connectivity index (χ2n) is 2.24. The fourth-order valence-electron chi connectivity index (χ4n) is 0.887. The van der Waals surface area contributed by atoms with Crippen LogP contribution in [0.4, 0.5) is 0 Å². The van der Waals surface area contributed by atoms with Crippen molar-refractivity contribution in [3.8, 4) is 0 Å². The molecule has 68 valence electrons. The second kappa shape index (κ2) is 7.11. The van der Waals surface area contributed by atoms with Crippen LogP contribution in [-0.2, 0) is 6.42 Å². The van der Waals surface area contributed by atoms with E-state index in [9.17, 15) is 0 Å². The first kappa shape index (κ1) is 11.4. The Balaban J connectivity index is 0.000000561. The summed E-state index contributed by atoms with van der Waals surface area (Å²) in [4.78, 5) is 3.89. The summed E-state index contributed by atoms with van der Waals surface area (Å²) in [6, 6.07) is 3.90. The summed E-state index contributed by atoms with van der Waals surface area (Å²) in [5.74, 6) is 0. The van der Waals surface area contributed by atoms with Gasteiger partial charge in [0.2, 0.25) is 0 Å². The predicted molar refractivity (Wildman–Crippen MR) is 54.6 cm³/mol. The largest absolute Gasteiger partial charge is 0.245 e. The highest BCUT2D eigenvalue weighted by Gasteiger charge is 1.91. The van der Waals surface area contributed by atoms with Gasteiger partial charge in [-0.15, -0.1) is 0 Å². The topological polar surface area (TPSA) is 12.9 Å². The van der Waals surface area contributed by atoms with E-state index in [1.807, 2.05) is 26.0 Å². The average Bonchev–Trinajstić information content (AvgIpc) is 2.09. The van der Waals surface area contributed by atoms with Crippen molar-refractivity contribution in [3.05, 3.63) is 29.0 Å². The van der Waals surface area contributed by atoms with Crippen LogP contribution in [0.3, 0.4) is 0 Å². The molecule has 2 heteroatoms. The Labute approximate surface area is 79.8 Å². The minimum absolute atomic E-state index is 0.589. The van der Waals surface area contributed by atoms with E-state index < -0.39 is 0 Å². The van der Waals surface area contributed by atoms with E-state index in [1.165, 1.54) is 5.56 Å². The van der Waals surface area contributed by atoms with Crippen LogP contribution in [0, 0.1) is 0 Å². The highest BCUT2D eigenvalue weighted by atomic mass is 35.5. The number of pyridine rings is 1. The zero-order valence-corrected chi connectivity index (χ0v) is 8.73. The van der Waals surface area contributed by atoms with Crippen molar-refractivity contribution in [2.75, 3.05) is 0 Å². The molecule has 0 radical (unpaired) electrons. The maximum Gasteiger partial charge on any atom is 0.129 e. The van der Waals surface area contributed by atoms with E-state index in [0.717, 1.165) is 12.8 Å². The number of rotatable bonds is 2. The molecule has 0 unspecified atom stereocenters. The Morgan fingerprint density at radius 3 is 2.58 bits per heavy atom. The molecule has 0 aliphatic rings. The van der Waals surface area contributed by atoms with E-state index >= 15 is 0 Å². The van der Waals surface area contributed by atoms with Gasteiger partial charge in [0, 0.05) is 6.20 Å². The van der Waals surface area contributed by atoms with E-state index in [2.05, 4.69) is 11.9 Å². The monoisotopic (exact) mass is 185 g/mol. The summed E-state index contributed by atoms with van der Waals surface area (Å²) in [6.07, 6.45) is 3.98. The van der Waals surface area contributed by atoms with Gasteiger partial charge in [-0.1, -0.05) is 38.8 Å². The molecule has 0 amide bonds. The Bertz CT molecular complexity index is 211. The molecule has 1 rings (SSSR count). The summed E-state index contributed by atoms with van der Waals surface area (Å²) in [5, 5.41) is 0.589. The van der Waals surface area contributed by atoms with Gasteiger partial charge in [-0.25, -0.2) is 4.98 Å². The van der Waals surface area contributed by atoms with Crippen LogP contribution in [-0.4, -0.2) is 4.98 Å². The van der Waals surface area contributed by atoms with E-state index in [4.69, 9.17) is 11.6 Å². The fourth-order valence-corrected chi connectivity index (χ4v) is 1.08. The lowest BCUT2D eigenvalue weighted by atomic mass is 10.2. The molecular formula is C10H16ClN. The smallest absolute Gasteiger partial charge is 0.129 e. The molecule has 12 heavy (non-hydrogen) atoms. The Morgan fingerprint density at radius 1 is 1.42 bits per heavy atom. The molecular weight excluding hydrogens is 170 g/mol. The van der Waals surface area contributed by atoms with Gasteiger partial charge >= 0.3 is 0 Å². The summed E-state index contributed by atoms with van der Waals surface area (Å²) in [6.45, 7) is 6.15. The molecule has 1 nitrogen and oxygen atoms in total. The third kappa shape index (κ3) is 4.35. The summed E-state index contributed by atoms with van der Waals surface area (Å²) < 4.78 is 0. The summed E-state index contributed by atoms with van der Waals surface area (Å²) in [5.41, 5.74) is 1.27. The first-order chi connectivity index (χ1) is 5.83. The van der Waals surface area contributed by atoms with Crippen LogP contribution in [0.5, 0.6) is 0 Å². The second-order valence-corrected chi connectivity index (χ2v) is 2.62. The Kier molecular flexibility index (Phi) is 6.78. The zero-order chi connectivity index (χ0) is 9.40. The van der Waals surface area contributed by atoms with Crippen molar-refractivity contribution in [3.63, 3.8) is 0 Å². The minimum atomic E-state index is 0.589. The molecule has 1 aromatic rings. The number of hydrogen-bond acceptors (Lipinski definition) is 1. The first-order valence-electron chi connectivity index (χ1n) is 4.43. The van der Waals surface area contributed by atoms with Gasteiger partial charge in [-0.3, -0.25) is 0 Å². The van der Waals surface area contributed by atoms with Gasteiger partial charge in [-0.2, -0.15) is 0 Å². The highest BCUT2D eigenvalue weighted by Crippen LogP contribution is 2.08. The third-order valence-electron chi connectivity index (χ3n) is 1.33. The summed E-state index contributed by atoms with van der Waals surface area (Å²) >= 11 is 5.67. The molecule has 0 saturated carbocycles. The van der Waals surface area contributed by atoms with Crippen molar-refractivity contribution in [2.24, 2.45) is 0 Å². The summed E-state index contributed by atoms with van der Waals surface area (Å²) in [7, 11) is 0.